The molecular formula is C25H22N2O4. The number of hydroxylamine groups is 1. The van der Waals surface area contributed by atoms with E-state index >= 15 is 0 Å². The Morgan fingerprint density at radius 1 is 0.839 bits per heavy atom. The maximum Gasteiger partial charge on any atom is 0.262 e. The molecule has 0 radical (unpaired) electrons. The third-order valence-corrected chi connectivity index (χ3v) is 5.86. The van der Waals surface area contributed by atoms with Gasteiger partial charge in [-0.15, -0.1) is 0 Å². The first-order valence-corrected chi connectivity index (χ1v) is 10.2. The van der Waals surface area contributed by atoms with Gasteiger partial charge in [-0.2, -0.15) is 0 Å². The van der Waals surface area contributed by atoms with Crippen LogP contribution in [-0.2, 0) is 21.0 Å². The summed E-state index contributed by atoms with van der Waals surface area (Å²) in [5, 5.41) is 1.68. The molecule has 0 bridgehead atoms. The van der Waals surface area contributed by atoms with E-state index in [0.29, 0.717) is 5.75 Å². The van der Waals surface area contributed by atoms with Crippen LogP contribution >= 0.6 is 0 Å². The molecule has 5 rings (SSSR count). The Kier molecular flexibility index (Phi) is 4.92. The molecule has 31 heavy (non-hydrogen) atoms. The second kappa shape index (κ2) is 7.89. The molecule has 6 nitrogen and oxygen atoms in total. The molecule has 0 aromatic heterocycles. The summed E-state index contributed by atoms with van der Waals surface area (Å²) < 4.78 is 5.58. The van der Waals surface area contributed by atoms with Gasteiger partial charge in [0.25, 0.3) is 5.91 Å². The molecule has 0 aliphatic carbocycles. The highest BCUT2D eigenvalue weighted by molar-refractivity contribution is 6.07. The van der Waals surface area contributed by atoms with Gasteiger partial charge in [0.15, 0.2) is 6.10 Å². The van der Waals surface area contributed by atoms with Crippen molar-refractivity contribution in [3.63, 3.8) is 0 Å². The van der Waals surface area contributed by atoms with Gasteiger partial charge in [-0.3, -0.25) is 19.3 Å². The Bertz CT molecular complexity index is 1100. The molecule has 3 atom stereocenters. The van der Waals surface area contributed by atoms with Crippen LogP contribution in [0.25, 0.3) is 0 Å². The maximum atomic E-state index is 13.5. The van der Waals surface area contributed by atoms with E-state index in [1.165, 1.54) is 4.90 Å². The van der Waals surface area contributed by atoms with E-state index in [2.05, 4.69) is 0 Å². The average molecular weight is 414 g/mol. The van der Waals surface area contributed by atoms with Crippen LogP contribution in [0.4, 0.5) is 5.69 Å². The van der Waals surface area contributed by atoms with Crippen molar-refractivity contribution in [1.82, 2.24) is 4.90 Å². The molecule has 3 aromatic carbocycles. The number of fused-ring (bicyclic) bond motifs is 1. The van der Waals surface area contributed by atoms with Gasteiger partial charge in [0.2, 0.25) is 5.91 Å². The van der Waals surface area contributed by atoms with Crippen molar-refractivity contribution < 1.29 is 19.2 Å². The zero-order valence-corrected chi connectivity index (χ0v) is 17.0. The van der Waals surface area contributed by atoms with Crippen LogP contribution in [0.1, 0.15) is 17.2 Å². The SMILES string of the molecule is COc1ccccc1[C@H]1[C@@H]2C(=O)N(Cc3ccccc3)C(=O)[C@H]2ON1c1ccccc1. The minimum atomic E-state index is -0.869. The number of hydrogen-bond acceptors (Lipinski definition) is 5. The number of rotatable bonds is 5. The largest absolute Gasteiger partial charge is 0.496 e. The highest BCUT2D eigenvalue weighted by Gasteiger charge is 2.60. The van der Waals surface area contributed by atoms with Gasteiger partial charge in [-0.05, 0) is 23.8 Å². The minimum Gasteiger partial charge on any atom is -0.496 e. The van der Waals surface area contributed by atoms with Crippen molar-refractivity contribution in [2.24, 2.45) is 5.92 Å². The summed E-state index contributed by atoms with van der Waals surface area (Å²) in [7, 11) is 1.60. The number of imide groups is 1. The number of ether oxygens (including phenoxy) is 1. The number of benzene rings is 3. The molecule has 2 aliphatic rings. The number of anilines is 1. The number of carbonyl (C=O) groups excluding carboxylic acids is 2. The molecule has 0 N–H and O–H groups in total. The first kappa shape index (κ1) is 19.3. The van der Waals surface area contributed by atoms with Gasteiger partial charge in [-0.1, -0.05) is 66.7 Å². The van der Waals surface area contributed by atoms with Gasteiger partial charge >= 0.3 is 0 Å². The normalized spacial score (nSPS) is 22.7. The topological polar surface area (TPSA) is 59.1 Å². The van der Waals surface area contributed by atoms with Gasteiger partial charge in [0.05, 0.1) is 25.4 Å². The molecule has 0 spiro atoms. The lowest BCUT2D eigenvalue weighted by Crippen LogP contribution is -2.37. The molecule has 2 fully saturated rings. The number of carbonyl (C=O) groups is 2. The quantitative estimate of drug-likeness (QED) is 0.596. The first-order valence-electron chi connectivity index (χ1n) is 10.2. The third-order valence-electron chi connectivity index (χ3n) is 5.86. The van der Waals surface area contributed by atoms with Crippen molar-refractivity contribution in [3.8, 4) is 5.75 Å². The maximum absolute atomic E-state index is 13.5. The second-order valence-corrected chi connectivity index (χ2v) is 7.65. The van der Waals surface area contributed by atoms with E-state index < -0.39 is 18.1 Å². The van der Waals surface area contributed by atoms with E-state index in [-0.39, 0.29) is 18.4 Å². The van der Waals surface area contributed by atoms with Gasteiger partial charge in [0.1, 0.15) is 11.7 Å². The van der Waals surface area contributed by atoms with E-state index in [1.807, 2.05) is 84.9 Å². The van der Waals surface area contributed by atoms with Crippen molar-refractivity contribution in [2.75, 3.05) is 12.2 Å². The molecule has 156 valence electrons. The number of nitrogens with zero attached hydrogens (tertiary/aromatic N) is 2. The summed E-state index contributed by atoms with van der Waals surface area (Å²) in [6.07, 6.45) is -0.869. The van der Waals surface area contributed by atoms with Gasteiger partial charge in [0, 0.05) is 5.56 Å². The number of amides is 2. The monoisotopic (exact) mass is 414 g/mol. The minimum absolute atomic E-state index is 0.229. The van der Waals surface area contributed by atoms with Crippen LogP contribution in [0.3, 0.4) is 0 Å². The van der Waals surface area contributed by atoms with Crippen LogP contribution in [0, 0.1) is 5.92 Å². The fourth-order valence-electron chi connectivity index (χ4n) is 4.42. The fourth-order valence-corrected chi connectivity index (χ4v) is 4.42. The Hall–Kier alpha value is -3.64. The van der Waals surface area contributed by atoms with Gasteiger partial charge < -0.3 is 4.74 Å². The van der Waals surface area contributed by atoms with Crippen LogP contribution < -0.4 is 9.80 Å². The van der Waals surface area contributed by atoms with E-state index in [4.69, 9.17) is 9.57 Å². The summed E-state index contributed by atoms with van der Waals surface area (Å²) in [5.74, 6) is -0.544. The summed E-state index contributed by atoms with van der Waals surface area (Å²) in [6.45, 7) is 0.235. The van der Waals surface area contributed by atoms with Crippen LogP contribution in [0.5, 0.6) is 5.75 Å². The number of hydrogen-bond donors (Lipinski definition) is 0. The molecule has 6 heteroatoms. The van der Waals surface area contributed by atoms with Crippen molar-refractivity contribution in [2.45, 2.75) is 18.7 Å². The first-order chi connectivity index (χ1) is 15.2. The summed E-state index contributed by atoms with van der Waals surface area (Å²) in [5.41, 5.74) is 2.49. The predicted octanol–water partition coefficient (Wildman–Crippen LogP) is 3.74. The second-order valence-electron chi connectivity index (χ2n) is 7.65. The number of para-hydroxylation sites is 2. The Balaban J connectivity index is 1.56. The highest BCUT2D eigenvalue weighted by atomic mass is 16.7. The Morgan fingerprint density at radius 2 is 1.48 bits per heavy atom. The van der Waals surface area contributed by atoms with E-state index in [9.17, 15) is 9.59 Å². The molecule has 2 saturated heterocycles. The molecular weight excluding hydrogens is 392 g/mol. The lowest BCUT2D eigenvalue weighted by Gasteiger charge is -2.29. The molecule has 2 heterocycles. The summed E-state index contributed by atoms with van der Waals surface area (Å²) >= 11 is 0. The lowest BCUT2D eigenvalue weighted by atomic mass is 9.90. The lowest BCUT2D eigenvalue weighted by molar-refractivity contribution is -0.143. The van der Waals surface area contributed by atoms with Crippen LogP contribution in [-0.4, -0.2) is 29.9 Å². The molecule has 0 unspecified atom stereocenters. The van der Waals surface area contributed by atoms with Crippen molar-refractivity contribution in [3.05, 3.63) is 96.1 Å². The Labute approximate surface area is 180 Å². The smallest absolute Gasteiger partial charge is 0.262 e. The Morgan fingerprint density at radius 3 is 2.19 bits per heavy atom. The summed E-state index contributed by atoms with van der Waals surface area (Å²) in [6, 6.07) is 26.1. The molecule has 2 amide bonds. The van der Waals surface area contributed by atoms with Crippen molar-refractivity contribution in [1.29, 1.82) is 0 Å². The van der Waals surface area contributed by atoms with Crippen LogP contribution in [0.15, 0.2) is 84.9 Å². The fraction of sp³-hybridized carbons (Fsp3) is 0.200. The van der Waals surface area contributed by atoms with Crippen LogP contribution in [0.2, 0.25) is 0 Å². The number of likely N-dealkylation sites (tertiary alicyclic amines) is 1. The predicted molar refractivity (Wildman–Crippen MR) is 115 cm³/mol. The van der Waals surface area contributed by atoms with Crippen molar-refractivity contribution >= 4 is 17.5 Å². The third kappa shape index (κ3) is 3.25. The van der Waals surface area contributed by atoms with Gasteiger partial charge in [-0.25, -0.2) is 5.06 Å². The summed E-state index contributed by atoms with van der Waals surface area (Å²) in [4.78, 5) is 34.2. The average Bonchev–Trinajstić information content (AvgIpc) is 3.32. The standard InChI is InChI=1S/C25H22N2O4/c1-30-20-15-9-8-14-19(20)22-21-23(31-27(22)18-12-6-3-7-13-18)25(29)26(24(21)28)16-17-10-4-2-5-11-17/h2-15,21-23H,16H2,1H3/t21-,22-,23-/m0/s1. The molecule has 3 aromatic rings. The van der Waals surface area contributed by atoms with E-state index in [1.54, 1.807) is 12.2 Å². The zero-order valence-electron chi connectivity index (χ0n) is 17.0. The number of methoxy groups -OCH3 is 1. The zero-order chi connectivity index (χ0) is 21.4. The molecule has 2 aliphatic heterocycles. The highest BCUT2D eigenvalue weighted by Crippen LogP contribution is 2.48. The van der Waals surface area contributed by atoms with E-state index in [0.717, 1.165) is 16.8 Å². The molecule has 0 saturated carbocycles.